The van der Waals surface area contributed by atoms with E-state index in [2.05, 4.69) is 5.32 Å². The minimum Gasteiger partial charge on any atom is -0.478 e. The summed E-state index contributed by atoms with van der Waals surface area (Å²) in [6, 6.07) is 6.17. The van der Waals surface area contributed by atoms with Crippen LogP contribution in [0.1, 0.15) is 41.6 Å². The molecule has 2 fully saturated rings. The van der Waals surface area contributed by atoms with Crippen molar-refractivity contribution in [3.05, 3.63) is 29.3 Å². The standard InChI is InChI=1S/C15H19NO2/c1-9-8-12(6-7-13(9)15(17)18)16-14(10-2-3-10)11-4-5-11/h6-8,10-11,14,16H,2-5H2,1H3,(H,17,18). The molecule has 2 N–H and O–H groups in total. The molecule has 2 saturated carbocycles. The van der Waals surface area contributed by atoms with Gasteiger partial charge >= 0.3 is 5.97 Å². The van der Waals surface area contributed by atoms with Gasteiger partial charge in [0.15, 0.2) is 0 Å². The topological polar surface area (TPSA) is 49.3 Å². The lowest BCUT2D eigenvalue weighted by Gasteiger charge is -2.19. The van der Waals surface area contributed by atoms with Crippen molar-refractivity contribution < 1.29 is 9.90 Å². The van der Waals surface area contributed by atoms with Gasteiger partial charge in [0.1, 0.15) is 0 Å². The lowest BCUT2D eigenvalue weighted by molar-refractivity contribution is 0.0696. The van der Waals surface area contributed by atoms with Crippen LogP contribution in [-0.2, 0) is 0 Å². The Balaban J connectivity index is 1.75. The second-order valence-corrected chi connectivity index (χ2v) is 5.68. The first-order valence-corrected chi connectivity index (χ1v) is 6.75. The molecular formula is C15H19NO2. The molecule has 0 saturated heterocycles. The molecule has 3 nitrogen and oxygen atoms in total. The number of carboxylic acid groups (broad SMARTS) is 1. The van der Waals surface area contributed by atoms with E-state index < -0.39 is 5.97 Å². The minimum absolute atomic E-state index is 0.398. The summed E-state index contributed by atoms with van der Waals surface area (Å²) in [7, 11) is 0. The number of aromatic carboxylic acids is 1. The Morgan fingerprint density at radius 3 is 2.33 bits per heavy atom. The zero-order valence-corrected chi connectivity index (χ0v) is 10.6. The van der Waals surface area contributed by atoms with Crippen LogP contribution in [0.25, 0.3) is 0 Å². The van der Waals surface area contributed by atoms with E-state index in [1.54, 1.807) is 6.07 Å². The van der Waals surface area contributed by atoms with Gasteiger partial charge in [0.05, 0.1) is 5.56 Å². The number of hydrogen-bond acceptors (Lipinski definition) is 2. The third kappa shape index (κ3) is 2.35. The van der Waals surface area contributed by atoms with Crippen LogP contribution in [0.3, 0.4) is 0 Å². The molecule has 1 aromatic carbocycles. The maximum atomic E-state index is 11.0. The number of carboxylic acids is 1. The fourth-order valence-electron chi connectivity index (χ4n) is 2.72. The van der Waals surface area contributed by atoms with Gasteiger partial charge in [0.2, 0.25) is 0 Å². The van der Waals surface area contributed by atoms with Gasteiger partial charge in [-0.05, 0) is 68.2 Å². The minimum atomic E-state index is -0.847. The summed E-state index contributed by atoms with van der Waals surface area (Å²) in [6.07, 6.45) is 5.39. The number of aryl methyl sites for hydroxylation is 1. The Kier molecular flexibility index (Phi) is 2.77. The Hall–Kier alpha value is -1.51. The van der Waals surface area contributed by atoms with Gasteiger partial charge < -0.3 is 10.4 Å². The van der Waals surface area contributed by atoms with Crippen molar-refractivity contribution in [2.24, 2.45) is 11.8 Å². The molecule has 0 aliphatic heterocycles. The number of nitrogens with one attached hydrogen (secondary N) is 1. The summed E-state index contributed by atoms with van der Waals surface area (Å²) in [5.41, 5.74) is 2.30. The Morgan fingerprint density at radius 2 is 1.89 bits per heavy atom. The average Bonchev–Trinajstić information content (AvgIpc) is 3.17. The van der Waals surface area contributed by atoms with Gasteiger partial charge in [-0.25, -0.2) is 4.79 Å². The van der Waals surface area contributed by atoms with Crippen molar-refractivity contribution in [1.82, 2.24) is 0 Å². The van der Waals surface area contributed by atoms with Crippen LogP contribution in [-0.4, -0.2) is 17.1 Å². The Bertz CT molecular complexity index is 463. The molecule has 18 heavy (non-hydrogen) atoms. The van der Waals surface area contributed by atoms with Crippen molar-refractivity contribution in [3.8, 4) is 0 Å². The summed E-state index contributed by atoms with van der Waals surface area (Å²) in [5.74, 6) is 0.842. The maximum Gasteiger partial charge on any atom is 0.335 e. The summed E-state index contributed by atoms with van der Waals surface area (Å²) in [6.45, 7) is 1.86. The summed E-state index contributed by atoms with van der Waals surface area (Å²) >= 11 is 0. The summed E-state index contributed by atoms with van der Waals surface area (Å²) in [5, 5.41) is 12.6. The third-order valence-electron chi connectivity index (χ3n) is 4.05. The molecule has 96 valence electrons. The molecule has 3 rings (SSSR count). The molecule has 0 radical (unpaired) electrons. The van der Waals surface area contributed by atoms with Crippen LogP contribution in [0.5, 0.6) is 0 Å². The molecule has 0 atom stereocenters. The molecule has 0 unspecified atom stereocenters. The van der Waals surface area contributed by atoms with Gasteiger partial charge in [-0.1, -0.05) is 0 Å². The Morgan fingerprint density at radius 1 is 1.28 bits per heavy atom. The van der Waals surface area contributed by atoms with E-state index in [-0.39, 0.29) is 0 Å². The molecule has 2 aliphatic rings. The number of anilines is 1. The zero-order chi connectivity index (χ0) is 12.7. The van der Waals surface area contributed by atoms with Crippen molar-refractivity contribution >= 4 is 11.7 Å². The SMILES string of the molecule is Cc1cc(NC(C2CC2)C2CC2)ccc1C(=O)O. The van der Waals surface area contributed by atoms with E-state index in [0.717, 1.165) is 23.1 Å². The predicted octanol–water partition coefficient (Wildman–Crippen LogP) is 3.29. The highest BCUT2D eigenvalue weighted by Crippen LogP contribution is 2.45. The molecule has 0 spiro atoms. The predicted molar refractivity (Wildman–Crippen MR) is 71.0 cm³/mol. The molecule has 0 bridgehead atoms. The average molecular weight is 245 g/mol. The zero-order valence-electron chi connectivity index (χ0n) is 10.6. The molecule has 2 aliphatic carbocycles. The molecule has 0 amide bonds. The van der Waals surface area contributed by atoms with E-state index in [1.807, 2.05) is 19.1 Å². The van der Waals surface area contributed by atoms with Crippen LogP contribution in [0.2, 0.25) is 0 Å². The van der Waals surface area contributed by atoms with Crippen molar-refractivity contribution in [2.45, 2.75) is 38.6 Å². The highest BCUT2D eigenvalue weighted by Gasteiger charge is 2.41. The fourth-order valence-corrected chi connectivity index (χ4v) is 2.72. The van der Waals surface area contributed by atoms with Crippen molar-refractivity contribution in [2.75, 3.05) is 5.32 Å². The highest BCUT2D eigenvalue weighted by atomic mass is 16.4. The van der Waals surface area contributed by atoms with Gasteiger partial charge in [-0.2, -0.15) is 0 Å². The number of benzene rings is 1. The van der Waals surface area contributed by atoms with Crippen LogP contribution >= 0.6 is 0 Å². The second kappa shape index (κ2) is 4.30. The van der Waals surface area contributed by atoms with E-state index >= 15 is 0 Å². The van der Waals surface area contributed by atoms with Crippen LogP contribution in [0.15, 0.2) is 18.2 Å². The van der Waals surface area contributed by atoms with Gasteiger partial charge in [0, 0.05) is 11.7 Å². The van der Waals surface area contributed by atoms with Gasteiger partial charge in [-0.3, -0.25) is 0 Å². The first-order chi connectivity index (χ1) is 8.65. The maximum absolute atomic E-state index is 11.0. The van der Waals surface area contributed by atoms with E-state index in [4.69, 9.17) is 5.11 Å². The summed E-state index contributed by atoms with van der Waals surface area (Å²) < 4.78 is 0. The van der Waals surface area contributed by atoms with Crippen molar-refractivity contribution in [1.29, 1.82) is 0 Å². The van der Waals surface area contributed by atoms with Gasteiger partial charge in [-0.15, -0.1) is 0 Å². The van der Waals surface area contributed by atoms with E-state index in [0.29, 0.717) is 11.6 Å². The largest absolute Gasteiger partial charge is 0.478 e. The fraction of sp³-hybridized carbons (Fsp3) is 0.533. The normalized spacial score (nSPS) is 19.0. The first kappa shape index (κ1) is 11.6. The monoisotopic (exact) mass is 245 g/mol. The molecular weight excluding hydrogens is 226 g/mol. The Labute approximate surface area is 107 Å². The smallest absolute Gasteiger partial charge is 0.335 e. The van der Waals surface area contributed by atoms with Crippen molar-refractivity contribution in [3.63, 3.8) is 0 Å². The molecule has 0 aromatic heterocycles. The van der Waals surface area contributed by atoms with E-state index in [9.17, 15) is 4.79 Å². The number of rotatable bonds is 5. The van der Waals surface area contributed by atoms with E-state index in [1.165, 1.54) is 25.7 Å². The highest BCUT2D eigenvalue weighted by molar-refractivity contribution is 5.89. The third-order valence-corrected chi connectivity index (χ3v) is 4.05. The molecule has 3 heteroatoms. The molecule has 1 aromatic rings. The summed E-state index contributed by atoms with van der Waals surface area (Å²) in [4.78, 5) is 11.0. The molecule has 0 heterocycles. The van der Waals surface area contributed by atoms with Crippen LogP contribution < -0.4 is 5.32 Å². The quantitative estimate of drug-likeness (QED) is 0.836. The second-order valence-electron chi connectivity index (χ2n) is 5.68. The van der Waals surface area contributed by atoms with Gasteiger partial charge in [0.25, 0.3) is 0 Å². The van der Waals surface area contributed by atoms with Crippen LogP contribution in [0.4, 0.5) is 5.69 Å². The lowest BCUT2D eigenvalue weighted by Crippen LogP contribution is -2.24. The first-order valence-electron chi connectivity index (χ1n) is 6.75. The lowest BCUT2D eigenvalue weighted by atomic mass is 10.0. The number of carbonyl (C=O) groups is 1. The number of hydrogen-bond donors (Lipinski definition) is 2. The van der Waals surface area contributed by atoms with Crippen LogP contribution in [0, 0.1) is 18.8 Å².